The minimum Gasteiger partial charge on any atom is -0.341 e. The molecule has 16 heavy (non-hydrogen) atoms. The van der Waals surface area contributed by atoms with Crippen molar-refractivity contribution in [3.05, 3.63) is 0 Å². The van der Waals surface area contributed by atoms with E-state index in [1.54, 1.807) is 0 Å². The molecule has 0 aliphatic carbocycles. The van der Waals surface area contributed by atoms with Crippen LogP contribution in [0.3, 0.4) is 0 Å². The molecule has 0 aromatic heterocycles. The van der Waals surface area contributed by atoms with Gasteiger partial charge in [0.2, 0.25) is 5.91 Å². The van der Waals surface area contributed by atoms with Gasteiger partial charge in [0.1, 0.15) is 0 Å². The molecule has 0 radical (unpaired) electrons. The Hall–Kier alpha value is -0.610. The molecule has 1 fully saturated rings. The van der Waals surface area contributed by atoms with E-state index in [9.17, 15) is 4.79 Å². The Morgan fingerprint density at radius 2 is 2.06 bits per heavy atom. The summed E-state index contributed by atoms with van der Waals surface area (Å²) in [5.41, 5.74) is 5.34. The quantitative estimate of drug-likeness (QED) is 0.722. The molecule has 0 unspecified atom stereocenters. The molecule has 94 valence electrons. The van der Waals surface area contributed by atoms with Crippen LogP contribution in [-0.4, -0.2) is 43.0 Å². The van der Waals surface area contributed by atoms with Crippen LogP contribution in [0, 0.1) is 5.92 Å². The van der Waals surface area contributed by atoms with Crippen LogP contribution in [0.4, 0.5) is 0 Å². The zero-order valence-electron chi connectivity index (χ0n) is 10.5. The van der Waals surface area contributed by atoms with Crippen LogP contribution in [0.25, 0.3) is 0 Å². The van der Waals surface area contributed by atoms with Crippen LogP contribution >= 0.6 is 0 Å². The molecule has 1 amide bonds. The van der Waals surface area contributed by atoms with E-state index in [0.29, 0.717) is 6.04 Å². The number of likely N-dealkylation sites (tertiary alicyclic amines) is 1. The summed E-state index contributed by atoms with van der Waals surface area (Å²) < 4.78 is 0. The first-order valence-electron chi connectivity index (χ1n) is 6.34. The molecule has 1 saturated heterocycles. The second kappa shape index (κ2) is 6.86. The van der Waals surface area contributed by atoms with E-state index in [2.05, 4.69) is 19.2 Å². The Labute approximate surface area is 98.6 Å². The van der Waals surface area contributed by atoms with E-state index in [0.717, 1.165) is 38.4 Å². The van der Waals surface area contributed by atoms with Gasteiger partial charge in [-0.15, -0.1) is 0 Å². The van der Waals surface area contributed by atoms with Gasteiger partial charge in [-0.1, -0.05) is 13.8 Å². The summed E-state index contributed by atoms with van der Waals surface area (Å²) in [4.78, 5) is 13.2. The lowest BCUT2D eigenvalue weighted by molar-refractivity contribution is -0.130. The van der Waals surface area contributed by atoms with Crippen LogP contribution in [0.1, 0.15) is 33.1 Å². The van der Waals surface area contributed by atoms with Gasteiger partial charge >= 0.3 is 0 Å². The lowest BCUT2D eigenvalue weighted by Crippen LogP contribution is -2.46. The van der Waals surface area contributed by atoms with Crippen molar-refractivity contribution in [3.63, 3.8) is 0 Å². The van der Waals surface area contributed by atoms with Crippen LogP contribution in [-0.2, 0) is 4.79 Å². The first-order chi connectivity index (χ1) is 7.63. The van der Waals surface area contributed by atoms with E-state index in [1.807, 2.05) is 4.90 Å². The number of nitrogens with zero attached hydrogens (tertiary/aromatic N) is 1. The number of nitrogens with two attached hydrogens (primary N) is 1. The van der Waals surface area contributed by atoms with Crippen molar-refractivity contribution in [2.45, 2.75) is 39.2 Å². The highest BCUT2D eigenvalue weighted by Gasteiger charge is 2.21. The number of amides is 1. The SMILES string of the molecule is CC(C)CCNC1CCN(C(=O)CN)CC1. The second-order valence-electron chi connectivity index (χ2n) is 5.00. The Morgan fingerprint density at radius 3 is 2.56 bits per heavy atom. The molecule has 0 atom stereocenters. The molecule has 0 bridgehead atoms. The van der Waals surface area contributed by atoms with E-state index < -0.39 is 0 Å². The van der Waals surface area contributed by atoms with Gasteiger partial charge in [-0.05, 0) is 31.7 Å². The zero-order chi connectivity index (χ0) is 12.0. The fraction of sp³-hybridized carbons (Fsp3) is 0.917. The van der Waals surface area contributed by atoms with Gasteiger partial charge in [-0.3, -0.25) is 4.79 Å². The lowest BCUT2D eigenvalue weighted by Gasteiger charge is -2.32. The fourth-order valence-corrected chi connectivity index (χ4v) is 2.04. The number of carbonyl (C=O) groups excluding carboxylic acids is 1. The molecule has 0 saturated carbocycles. The normalized spacial score (nSPS) is 18.1. The molecule has 1 aliphatic rings. The van der Waals surface area contributed by atoms with Crippen molar-refractivity contribution in [2.75, 3.05) is 26.2 Å². The van der Waals surface area contributed by atoms with E-state index in [1.165, 1.54) is 6.42 Å². The summed E-state index contributed by atoms with van der Waals surface area (Å²) in [6.45, 7) is 7.43. The summed E-state index contributed by atoms with van der Waals surface area (Å²) in [7, 11) is 0. The third-order valence-corrected chi connectivity index (χ3v) is 3.18. The fourth-order valence-electron chi connectivity index (χ4n) is 2.04. The highest BCUT2D eigenvalue weighted by molar-refractivity contribution is 5.78. The Balaban J connectivity index is 2.14. The molecule has 3 N–H and O–H groups in total. The van der Waals surface area contributed by atoms with E-state index in [4.69, 9.17) is 5.73 Å². The van der Waals surface area contributed by atoms with Crippen molar-refractivity contribution < 1.29 is 4.79 Å². The third kappa shape index (κ3) is 4.49. The third-order valence-electron chi connectivity index (χ3n) is 3.18. The monoisotopic (exact) mass is 227 g/mol. The second-order valence-corrected chi connectivity index (χ2v) is 5.00. The zero-order valence-corrected chi connectivity index (χ0v) is 10.5. The Bertz CT molecular complexity index is 210. The number of carbonyl (C=O) groups is 1. The minimum atomic E-state index is 0.0839. The highest BCUT2D eigenvalue weighted by atomic mass is 16.2. The smallest absolute Gasteiger partial charge is 0.236 e. The average molecular weight is 227 g/mol. The summed E-state index contributed by atoms with van der Waals surface area (Å²) >= 11 is 0. The number of hydrogen-bond acceptors (Lipinski definition) is 3. The first-order valence-corrected chi connectivity index (χ1v) is 6.34. The maximum atomic E-state index is 11.4. The number of nitrogens with one attached hydrogen (secondary N) is 1. The largest absolute Gasteiger partial charge is 0.341 e. The van der Waals surface area contributed by atoms with Gasteiger partial charge in [-0.25, -0.2) is 0 Å². The Morgan fingerprint density at radius 1 is 1.44 bits per heavy atom. The summed E-state index contributed by atoms with van der Waals surface area (Å²) in [5.74, 6) is 0.840. The van der Waals surface area contributed by atoms with Crippen LogP contribution < -0.4 is 11.1 Å². The summed E-state index contributed by atoms with van der Waals surface area (Å²) in [5, 5.41) is 3.56. The van der Waals surface area contributed by atoms with Crippen LogP contribution in [0.15, 0.2) is 0 Å². The van der Waals surface area contributed by atoms with Crippen molar-refractivity contribution in [2.24, 2.45) is 11.7 Å². The van der Waals surface area contributed by atoms with E-state index in [-0.39, 0.29) is 12.5 Å². The molecular formula is C12H25N3O. The maximum Gasteiger partial charge on any atom is 0.236 e. The van der Waals surface area contributed by atoms with Crippen molar-refractivity contribution >= 4 is 5.91 Å². The molecule has 1 heterocycles. The van der Waals surface area contributed by atoms with Gasteiger partial charge in [0, 0.05) is 19.1 Å². The predicted octanol–water partition coefficient (Wildman–Crippen LogP) is 0.572. The molecule has 0 aromatic rings. The van der Waals surface area contributed by atoms with Crippen LogP contribution in [0.5, 0.6) is 0 Å². The molecule has 1 rings (SSSR count). The van der Waals surface area contributed by atoms with Crippen molar-refractivity contribution in [3.8, 4) is 0 Å². The Kier molecular flexibility index (Phi) is 5.77. The molecular weight excluding hydrogens is 202 g/mol. The summed E-state index contributed by atoms with van der Waals surface area (Å²) in [6, 6.07) is 0.584. The topological polar surface area (TPSA) is 58.4 Å². The number of piperidine rings is 1. The van der Waals surface area contributed by atoms with Crippen LogP contribution in [0.2, 0.25) is 0 Å². The standard InChI is InChI=1S/C12H25N3O/c1-10(2)3-6-14-11-4-7-15(8-5-11)12(16)9-13/h10-11,14H,3-9,13H2,1-2H3. The predicted molar refractivity (Wildman–Crippen MR) is 66.1 cm³/mol. The summed E-state index contributed by atoms with van der Waals surface area (Å²) in [6.07, 6.45) is 3.34. The molecule has 4 nitrogen and oxygen atoms in total. The van der Waals surface area contributed by atoms with Gasteiger partial charge in [0.15, 0.2) is 0 Å². The molecule has 4 heteroatoms. The highest BCUT2D eigenvalue weighted by Crippen LogP contribution is 2.10. The number of hydrogen-bond donors (Lipinski definition) is 2. The maximum absolute atomic E-state index is 11.4. The average Bonchev–Trinajstić information content (AvgIpc) is 2.28. The number of rotatable bonds is 5. The first kappa shape index (κ1) is 13.5. The minimum absolute atomic E-state index is 0.0839. The van der Waals surface area contributed by atoms with Crippen molar-refractivity contribution in [1.29, 1.82) is 0 Å². The lowest BCUT2D eigenvalue weighted by atomic mass is 10.0. The molecule has 0 spiro atoms. The molecule has 1 aliphatic heterocycles. The van der Waals surface area contributed by atoms with Gasteiger partial charge in [-0.2, -0.15) is 0 Å². The van der Waals surface area contributed by atoms with Gasteiger partial charge in [0.05, 0.1) is 6.54 Å². The molecule has 0 aromatic carbocycles. The van der Waals surface area contributed by atoms with Crippen molar-refractivity contribution in [1.82, 2.24) is 10.2 Å². The van der Waals surface area contributed by atoms with Gasteiger partial charge in [0.25, 0.3) is 0 Å². The van der Waals surface area contributed by atoms with E-state index >= 15 is 0 Å². The van der Waals surface area contributed by atoms with Gasteiger partial charge < -0.3 is 16.0 Å².